The lowest BCUT2D eigenvalue weighted by molar-refractivity contribution is 0.0995. The SMILES string of the molecule is CC1CN(C)CCCN1CC1(CBr)CCCCC1. The molecular formula is C15H29BrN2. The molecule has 1 aliphatic carbocycles. The summed E-state index contributed by atoms with van der Waals surface area (Å²) in [5, 5.41) is 1.19. The molecular weight excluding hydrogens is 288 g/mol. The third-order valence-corrected chi connectivity index (χ3v) is 6.11. The van der Waals surface area contributed by atoms with Gasteiger partial charge in [-0.25, -0.2) is 0 Å². The smallest absolute Gasteiger partial charge is 0.0195 e. The first-order valence-corrected chi connectivity index (χ1v) is 8.76. The molecule has 0 bridgehead atoms. The summed E-state index contributed by atoms with van der Waals surface area (Å²) in [4.78, 5) is 5.25. The summed E-state index contributed by atoms with van der Waals surface area (Å²) in [7, 11) is 2.26. The number of hydrogen-bond acceptors (Lipinski definition) is 2. The maximum absolute atomic E-state index is 3.81. The normalized spacial score (nSPS) is 31.2. The number of rotatable bonds is 3. The van der Waals surface area contributed by atoms with Crippen molar-refractivity contribution in [1.82, 2.24) is 9.80 Å². The molecule has 2 nitrogen and oxygen atoms in total. The van der Waals surface area contributed by atoms with Gasteiger partial charge >= 0.3 is 0 Å². The average molecular weight is 317 g/mol. The summed E-state index contributed by atoms with van der Waals surface area (Å²) in [5.74, 6) is 0. The molecule has 3 heteroatoms. The Morgan fingerprint density at radius 2 is 1.83 bits per heavy atom. The third-order valence-electron chi connectivity index (χ3n) is 4.92. The van der Waals surface area contributed by atoms with Crippen LogP contribution in [0.4, 0.5) is 0 Å². The molecule has 0 aromatic heterocycles. The van der Waals surface area contributed by atoms with E-state index in [4.69, 9.17) is 0 Å². The van der Waals surface area contributed by atoms with Crippen LogP contribution in [-0.4, -0.2) is 54.4 Å². The van der Waals surface area contributed by atoms with E-state index in [0.717, 1.165) is 6.04 Å². The molecule has 0 radical (unpaired) electrons. The first kappa shape index (κ1) is 14.8. The summed E-state index contributed by atoms with van der Waals surface area (Å²) in [5.41, 5.74) is 0.565. The Kier molecular flexibility index (Phi) is 5.52. The predicted octanol–water partition coefficient (Wildman–Crippen LogP) is 3.36. The minimum Gasteiger partial charge on any atom is -0.305 e. The van der Waals surface area contributed by atoms with E-state index in [-0.39, 0.29) is 0 Å². The van der Waals surface area contributed by atoms with E-state index in [9.17, 15) is 0 Å². The fourth-order valence-corrected chi connectivity index (χ4v) is 4.46. The van der Waals surface area contributed by atoms with Gasteiger partial charge in [-0.1, -0.05) is 35.2 Å². The van der Waals surface area contributed by atoms with Crippen molar-refractivity contribution in [2.75, 3.05) is 38.6 Å². The van der Waals surface area contributed by atoms with Gasteiger partial charge in [0.05, 0.1) is 0 Å². The van der Waals surface area contributed by atoms with Gasteiger partial charge in [-0.15, -0.1) is 0 Å². The number of nitrogens with zero attached hydrogens (tertiary/aromatic N) is 2. The molecule has 2 fully saturated rings. The van der Waals surface area contributed by atoms with Crippen molar-refractivity contribution in [1.29, 1.82) is 0 Å². The van der Waals surface area contributed by atoms with Crippen LogP contribution in [0.2, 0.25) is 0 Å². The maximum Gasteiger partial charge on any atom is 0.0195 e. The van der Waals surface area contributed by atoms with Crippen LogP contribution in [0.5, 0.6) is 0 Å². The van der Waals surface area contributed by atoms with Crippen LogP contribution in [0.25, 0.3) is 0 Å². The zero-order chi connectivity index (χ0) is 13.0. The first-order chi connectivity index (χ1) is 8.65. The van der Waals surface area contributed by atoms with Gasteiger partial charge in [0.2, 0.25) is 0 Å². The first-order valence-electron chi connectivity index (χ1n) is 7.64. The van der Waals surface area contributed by atoms with Gasteiger partial charge in [-0.05, 0) is 51.7 Å². The van der Waals surface area contributed by atoms with Crippen LogP contribution in [0.3, 0.4) is 0 Å². The minimum absolute atomic E-state index is 0.565. The molecule has 1 atom stereocenters. The predicted molar refractivity (Wildman–Crippen MR) is 82.5 cm³/mol. The highest BCUT2D eigenvalue weighted by atomic mass is 79.9. The lowest BCUT2D eigenvalue weighted by atomic mass is 9.75. The van der Waals surface area contributed by atoms with Crippen LogP contribution in [0.1, 0.15) is 45.4 Å². The molecule has 1 heterocycles. The molecule has 0 aromatic carbocycles. The van der Waals surface area contributed by atoms with E-state index < -0.39 is 0 Å². The van der Waals surface area contributed by atoms with Gasteiger partial charge in [0, 0.05) is 24.5 Å². The fourth-order valence-electron chi connectivity index (χ4n) is 3.72. The molecule has 2 aliphatic rings. The summed E-state index contributed by atoms with van der Waals surface area (Å²) in [6, 6.07) is 0.718. The Bertz CT molecular complexity index is 251. The Morgan fingerprint density at radius 1 is 1.11 bits per heavy atom. The monoisotopic (exact) mass is 316 g/mol. The van der Waals surface area contributed by atoms with Crippen LogP contribution in [0, 0.1) is 5.41 Å². The standard InChI is InChI=1S/C15H29BrN2/c1-14-11-17(2)9-6-10-18(14)13-15(12-16)7-4-3-5-8-15/h14H,3-13H2,1-2H3. The van der Waals surface area contributed by atoms with Gasteiger partial charge in [0.15, 0.2) is 0 Å². The van der Waals surface area contributed by atoms with E-state index >= 15 is 0 Å². The topological polar surface area (TPSA) is 6.48 Å². The lowest BCUT2D eigenvalue weighted by Crippen LogP contribution is -2.46. The minimum atomic E-state index is 0.565. The van der Waals surface area contributed by atoms with E-state index in [1.54, 1.807) is 0 Å². The second kappa shape index (κ2) is 6.71. The fraction of sp³-hybridized carbons (Fsp3) is 1.00. The van der Waals surface area contributed by atoms with Crippen LogP contribution < -0.4 is 0 Å². The Hall–Kier alpha value is 0.400. The number of likely N-dealkylation sites (N-methyl/N-ethyl adjacent to an activating group) is 1. The van der Waals surface area contributed by atoms with Crippen molar-refractivity contribution in [3.05, 3.63) is 0 Å². The summed E-state index contributed by atoms with van der Waals surface area (Å²) >= 11 is 3.81. The molecule has 1 aliphatic heterocycles. The highest BCUT2D eigenvalue weighted by molar-refractivity contribution is 9.09. The molecule has 106 valence electrons. The van der Waals surface area contributed by atoms with Crippen molar-refractivity contribution in [3.63, 3.8) is 0 Å². The van der Waals surface area contributed by atoms with Gasteiger partial charge < -0.3 is 4.90 Å². The lowest BCUT2D eigenvalue weighted by Gasteiger charge is -2.41. The number of hydrogen-bond donors (Lipinski definition) is 0. The molecule has 0 aromatic rings. The molecule has 1 saturated carbocycles. The summed E-state index contributed by atoms with van der Waals surface area (Å²) in [6.45, 7) is 7.51. The molecule has 2 rings (SSSR count). The van der Waals surface area contributed by atoms with Crippen molar-refractivity contribution in [3.8, 4) is 0 Å². The quantitative estimate of drug-likeness (QED) is 0.737. The molecule has 0 N–H and O–H groups in total. The molecule has 1 unspecified atom stereocenters. The molecule has 0 spiro atoms. The van der Waals surface area contributed by atoms with E-state index in [0.29, 0.717) is 5.41 Å². The second-order valence-electron chi connectivity index (χ2n) is 6.63. The van der Waals surface area contributed by atoms with Crippen molar-refractivity contribution < 1.29 is 0 Å². The molecule has 1 saturated heterocycles. The molecule has 18 heavy (non-hydrogen) atoms. The van der Waals surface area contributed by atoms with Crippen LogP contribution >= 0.6 is 15.9 Å². The zero-order valence-corrected chi connectivity index (χ0v) is 13.7. The van der Waals surface area contributed by atoms with Gasteiger partial charge in [-0.2, -0.15) is 0 Å². The van der Waals surface area contributed by atoms with E-state index in [1.165, 1.54) is 70.0 Å². The van der Waals surface area contributed by atoms with E-state index in [2.05, 4.69) is 39.7 Å². The number of alkyl halides is 1. The largest absolute Gasteiger partial charge is 0.305 e. The van der Waals surface area contributed by atoms with Crippen molar-refractivity contribution >= 4 is 15.9 Å². The second-order valence-corrected chi connectivity index (χ2v) is 7.19. The van der Waals surface area contributed by atoms with Crippen molar-refractivity contribution in [2.45, 2.75) is 51.5 Å². The zero-order valence-electron chi connectivity index (χ0n) is 12.1. The van der Waals surface area contributed by atoms with Gasteiger partial charge in [0.25, 0.3) is 0 Å². The summed E-state index contributed by atoms with van der Waals surface area (Å²) in [6.07, 6.45) is 8.52. The van der Waals surface area contributed by atoms with Crippen LogP contribution in [-0.2, 0) is 0 Å². The number of halogens is 1. The van der Waals surface area contributed by atoms with Gasteiger partial charge in [0.1, 0.15) is 0 Å². The Morgan fingerprint density at radius 3 is 2.50 bits per heavy atom. The molecule has 0 amide bonds. The Balaban J connectivity index is 1.97. The van der Waals surface area contributed by atoms with E-state index in [1.807, 2.05) is 0 Å². The summed E-state index contributed by atoms with van der Waals surface area (Å²) < 4.78 is 0. The average Bonchev–Trinajstić information content (AvgIpc) is 2.52. The maximum atomic E-state index is 3.81. The highest BCUT2D eigenvalue weighted by Crippen LogP contribution is 2.39. The Labute approximate surface area is 121 Å². The third kappa shape index (κ3) is 3.71. The van der Waals surface area contributed by atoms with Gasteiger partial charge in [-0.3, -0.25) is 4.90 Å². The van der Waals surface area contributed by atoms with Crippen molar-refractivity contribution in [2.24, 2.45) is 5.41 Å². The van der Waals surface area contributed by atoms with Crippen LogP contribution in [0.15, 0.2) is 0 Å². The highest BCUT2D eigenvalue weighted by Gasteiger charge is 2.34.